The summed E-state index contributed by atoms with van der Waals surface area (Å²) < 4.78 is 2.17. The van der Waals surface area contributed by atoms with E-state index >= 15 is 0 Å². The van der Waals surface area contributed by atoms with Crippen molar-refractivity contribution in [3.63, 3.8) is 0 Å². The first kappa shape index (κ1) is 11.2. The SMILES string of the molecule is Cc1ncn(CCCCl)c1-c1ccccc1. The highest BCUT2D eigenvalue weighted by molar-refractivity contribution is 6.17. The van der Waals surface area contributed by atoms with Gasteiger partial charge in [0.2, 0.25) is 0 Å². The Morgan fingerprint density at radius 2 is 2.00 bits per heavy atom. The minimum Gasteiger partial charge on any atom is -0.330 e. The van der Waals surface area contributed by atoms with Crippen molar-refractivity contribution in [1.82, 2.24) is 9.55 Å². The predicted molar refractivity (Wildman–Crippen MR) is 67.7 cm³/mol. The number of nitrogens with zero attached hydrogens (tertiary/aromatic N) is 2. The highest BCUT2D eigenvalue weighted by Gasteiger charge is 2.08. The van der Waals surface area contributed by atoms with E-state index in [9.17, 15) is 0 Å². The fourth-order valence-corrected chi connectivity index (χ4v) is 1.97. The lowest BCUT2D eigenvalue weighted by molar-refractivity contribution is 0.687. The number of benzene rings is 1. The van der Waals surface area contributed by atoms with Gasteiger partial charge in [-0.1, -0.05) is 30.3 Å². The molecular weight excluding hydrogens is 220 g/mol. The number of aromatic nitrogens is 2. The van der Waals surface area contributed by atoms with Crippen molar-refractivity contribution in [2.45, 2.75) is 19.9 Å². The van der Waals surface area contributed by atoms with Gasteiger partial charge in [-0.15, -0.1) is 11.6 Å². The molecule has 0 amide bonds. The number of hydrogen-bond acceptors (Lipinski definition) is 1. The van der Waals surface area contributed by atoms with E-state index in [1.165, 1.54) is 11.3 Å². The lowest BCUT2D eigenvalue weighted by Gasteiger charge is -2.08. The predicted octanol–water partition coefficient (Wildman–Crippen LogP) is 3.49. The number of hydrogen-bond donors (Lipinski definition) is 0. The van der Waals surface area contributed by atoms with Crippen LogP contribution in [0.4, 0.5) is 0 Å². The second-order valence-corrected chi connectivity index (χ2v) is 4.16. The molecule has 0 bridgehead atoms. The first-order valence-electron chi connectivity index (χ1n) is 5.46. The standard InChI is InChI=1S/C13H15ClN2/c1-11-13(12-6-3-2-4-7-12)16(10-15-11)9-5-8-14/h2-4,6-7,10H,5,8-9H2,1H3. The Morgan fingerprint density at radius 1 is 1.25 bits per heavy atom. The van der Waals surface area contributed by atoms with Gasteiger partial charge >= 0.3 is 0 Å². The van der Waals surface area contributed by atoms with Crippen LogP contribution in [-0.4, -0.2) is 15.4 Å². The second-order valence-electron chi connectivity index (χ2n) is 3.78. The largest absolute Gasteiger partial charge is 0.330 e. The van der Waals surface area contributed by atoms with Crippen molar-refractivity contribution >= 4 is 11.6 Å². The van der Waals surface area contributed by atoms with E-state index in [1.54, 1.807) is 0 Å². The van der Waals surface area contributed by atoms with E-state index in [4.69, 9.17) is 11.6 Å². The van der Waals surface area contributed by atoms with E-state index in [2.05, 4.69) is 21.7 Å². The monoisotopic (exact) mass is 234 g/mol. The maximum atomic E-state index is 5.72. The van der Waals surface area contributed by atoms with Crippen LogP contribution in [0.1, 0.15) is 12.1 Å². The summed E-state index contributed by atoms with van der Waals surface area (Å²) in [4.78, 5) is 4.37. The summed E-state index contributed by atoms with van der Waals surface area (Å²) in [6, 6.07) is 10.3. The summed E-state index contributed by atoms with van der Waals surface area (Å²) in [5.74, 6) is 0.686. The maximum absolute atomic E-state index is 5.72. The molecule has 0 spiro atoms. The van der Waals surface area contributed by atoms with Gasteiger partial charge in [0.05, 0.1) is 17.7 Å². The van der Waals surface area contributed by atoms with Crippen LogP contribution < -0.4 is 0 Å². The Labute approximate surface area is 101 Å². The van der Waals surface area contributed by atoms with E-state index in [0.29, 0.717) is 5.88 Å². The number of aryl methyl sites for hydroxylation is 2. The van der Waals surface area contributed by atoms with Crippen LogP contribution in [0, 0.1) is 6.92 Å². The van der Waals surface area contributed by atoms with E-state index in [-0.39, 0.29) is 0 Å². The van der Waals surface area contributed by atoms with Gasteiger partial charge in [0.15, 0.2) is 0 Å². The average molecular weight is 235 g/mol. The third kappa shape index (κ3) is 2.27. The molecule has 0 saturated heterocycles. The minimum atomic E-state index is 0.686. The molecule has 0 aliphatic rings. The van der Waals surface area contributed by atoms with Crippen LogP contribution in [-0.2, 0) is 6.54 Å². The van der Waals surface area contributed by atoms with Crippen LogP contribution in [0.5, 0.6) is 0 Å². The molecule has 2 rings (SSSR count). The number of rotatable bonds is 4. The molecule has 2 aromatic rings. The summed E-state index contributed by atoms with van der Waals surface area (Å²) in [5.41, 5.74) is 3.48. The summed E-state index contributed by atoms with van der Waals surface area (Å²) in [6.45, 7) is 2.97. The molecule has 84 valence electrons. The molecule has 0 aliphatic heterocycles. The normalized spacial score (nSPS) is 10.6. The third-order valence-corrected chi connectivity index (χ3v) is 2.87. The molecule has 0 fully saturated rings. The molecule has 1 heterocycles. The summed E-state index contributed by atoms with van der Waals surface area (Å²) in [7, 11) is 0. The van der Waals surface area contributed by atoms with Crippen LogP contribution in [0.3, 0.4) is 0 Å². The van der Waals surface area contributed by atoms with Crippen LogP contribution in [0.15, 0.2) is 36.7 Å². The molecule has 0 aliphatic carbocycles. The van der Waals surface area contributed by atoms with Gasteiger partial charge in [0.25, 0.3) is 0 Å². The van der Waals surface area contributed by atoms with E-state index in [0.717, 1.165) is 18.7 Å². The van der Waals surface area contributed by atoms with Crippen molar-refractivity contribution < 1.29 is 0 Å². The molecule has 16 heavy (non-hydrogen) atoms. The number of halogens is 1. The van der Waals surface area contributed by atoms with Crippen LogP contribution in [0.25, 0.3) is 11.3 Å². The first-order valence-corrected chi connectivity index (χ1v) is 5.99. The van der Waals surface area contributed by atoms with Gasteiger partial charge < -0.3 is 4.57 Å². The van der Waals surface area contributed by atoms with Gasteiger partial charge in [-0.25, -0.2) is 4.98 Å². The fraction of sp³-hybridized carbons (Fsp3) is 0.308. The van der Waals surface area contributed by atoms with Crippen molar-refractivity contribution in [3.8, 4) is 11.3 Å². The molecule has 0 saturated carbocycles. The highest BCUT2D eigenvalue weighted by atomic mass is 35.5. The van der Waals surface area contributed by atoms with Crippen molar-refractivity contribution in [1.29, 1.82) is 0 Å². The Bertz CT molecular complexity index is 448. The molecule has 0 N–H and O–H groups in total. The Morgan fingerprint density at radius 3 is 2.69 bits per heavy atom. The molecule has 2 nitrogen and oxygen atoms in total. The Kier molecular flexibility index (Phi) is 3.62. The molecule has 1 aromatic heterocycles. The highest BCUT2D eigenvalue weighted by Crippen LogP contribution is 2.22. The van der Waals surface area contributed by atoms with Gasteiger partial charge in [0, 0.05) is 18.0 Å². The van der Waals surface area contributed by atoms with Crippen molar-refractivity contribution in [2.75, 3.05) is 5.88 Å². The van der Waals surface area contributed by atoms with Gasteiger partial charge in [0.1, 0.15) is 0 Å². The Balaban J connectivity index is 2.35. The van der Waals surface area contributed by atoms with Crippen molar-refractivity contribution in [2.24, 2.45) is 0 Å². The summed E-state index contributed by atoms with van der Waals surface area (Å²) in [5, 5.41) is 0. The quantitative estimate of drug-likeness (QED) is 0.741. The third-order valence-electron chi connectivity index (χ3n) is 2.60. The average Bonchev–Trinajstić information content (AvgIpc) is 2.69. The lowest BCUT2D eigenvalue weighted by Crippen LogP contribution is -1.99. The molecule has 0 radical (unpaired) electrons. The molecular formula is C13H15ClN2. The fourth-order valence-electron chi connectivity index (χ4n) is 1.85. The Hall–Kier alpha value is -1.28. The first-order chi connectivity index (χ1) is 7.83. The number of alkyl halides is 1. The van der Waals surface area contributed by atoms with E-state index < -0.39 is 0 Å². The molecule has 3 heteroatoms. The second kappa shape index (κ2) is 5.17. The van der Waals surface area contributed by atoms with Crippen LogP contribution in [0.2, 0.25) is 0 Å². The van der Waals surface area contributed by atoms with Gasteiger partial charge in [-0.2, -0.15) is 0 Å². The summed E-state index contributed by atoms with van der Waals surface area (Å²) >= 11 is 5.72. The smallest absolute Gasteiger partial charge is 0.0954 e. The van der Waals surface area contributed by atoms with Gasteiger partial charge in [-0.3, -0.25) is 0 Å². The number of imidazole rings is 1. The maximum Gasteiger partial charge on any atom is 0.0954 e. The zero-order valence-corrected chi connectivity index (χ0v) is 10.1. The topological polar surface area (TPSA) is 17.8 Å². The van der Waals surface area contributed by atoms with Crippen molar-refractivity contribution in [3.05, 3.63) is 42.4 Å². The lowest BCUT2D eigenvalue weighted by atomic mass is 10.1. The zero-order chi connectivity index (χ0) is 11.4. The molecule has 0 atom stereocenters. The molecule has 0 unspecified atom stereocenters. The zero-order valence-electron chi connectivity index (χ0n) is 9.36. The van der Waals surface area contributed by atoms with Gasteiger partial charge in [-0.05, 0) is 13.3 Å². The summed E-state index contributed by atoms with van der Waals surface area (Å²) in [6.07, 6.45) is 2.86. The van der Waals surface area contributed by atoms with Crippen LogP contribution >= 0.6 is 11.6 Å². The molecule has 1 aromatic carbocycles. The minimum absolute atomic E-state index is 0.686. The van der Waals surface area contributed by atoms with E-state index in [1.807, 2.05) is 31.5 Å².